The van der Waals surface area contributed by atoms with Gasteiger partial charge in [0.15, 0.2) is 0 Å². The van der Waals surface area contributed by atoms with E-state index in [-0.39, 0.29) is 13.1 Å². The average Bonchev–Trinajstić information content (AvgIpc) is 2.63. The SMILES string of the molecule is OC(CNCCC(F)(F)F)CC1CCCC1. The number of nitrogens with one attached hydrogen (secondary N) is 1. The van der Waals surface area contributed by atoms with Gasteiger partial charge in [0.25, 0.3) is 0 Å². The van der Waals surface area contributed by atoms with E-state index in [4.69, 9.17) is 0 Å². The van der Waals surface area contributed by atoms with Gasteiger partial charge in [-0.3, -0.25) is 0 Å². The molecular formula is C11H20F3NO. The van der Waals surface area contributed by atoms with Gasteiger partial charge in [0.2, 0.25) is 0 Å². The van der Waals surface area contributed by atoms with E-state index in [0.29, 0.717) is 5.92 Å². The van der Waals surface area contributed by atoms with Crippen LogP contribution in [0.2, 0.25) is 0 Å². The van der Waals surface area contributed by atoms with Crippen molar-refractivity contribution in [1.29, 1.82) is 0 Å². The highest BCUT2D eigenvalue weighted by atomic mass is 19.4. The molecule has 0 spiro atoms. The molecule has 1 unspecified atom stereocenters. The first-order valence-corrected chi connectivity index (χ1v) is 5.93. The van der Waals surface area contributed by atoms with Gasteiger partial charge in [-0.25, -0.2) is 0 Å². The summed E-state index contributed by atoms with van der Waals surface area (Å²) in [6.07, 6.45) is 0.0269. The van der Waals surface area contributed by atoms with Crippen LogP contribution in [0.1, 0.15) is 38.5 Å². The lowest BCUT2D eigenvalue weighted by Crippen LogP contribution is -2.30. The number of aliphatic hydroxyl groups is 1. The normalized spacial score (nSPS) is 20.2. The summed E-state index contributed by atoms with van der Waals surface area (Å²) in [4.78, 5) is 0. The zero-order valence-electron chi connectivity index (χ0n) is 9.39. The fourth-order valence-electron chi connectivity index (χ4n) is 2.21. The minimum atomic E-state index is -4.11. The molecule has 96 valence electrons. The lowest BCUT2D eigenvalue weighted by molar-refractivity contribution is -0.133. The van der Waals surface area contributed by atoms with Gasteiger partial charge in [0, 0.05) is 13.1 Å². The van der Waals surface area contributed by atoms with Crippen LogP contribution in [0, 0.1) is 5.92 Å². The predicted octanol–water partition coefficient (Wildman–Crippen LogP) is 2.47. The molecular weight excluding hydrogens is 219 g/mol. The Hall–Kier alpha value is -0.290. The number of aliphatic hydroxyl groups excluding tert-OH is 1. The number of alkyl halides is 3. The molecule has 0 aliphatic heterocycles. The molecule has 1 rings (SSSR count). The lowest BCUT2D eigenvalue weighted by atomic mass is 10.0. The van der Waals surface area contributed by atoms with E-state index in [1.807, 2.05) is 0 Å². The monoisotopic (exact) mass is 239 g/mol. The summed E-state index contributed by atoms with van der Waals surface area (Å²) in [5.74, 6) is 0.569. The van der Waals surface area contributed by atoms with Crippen LogP contribution in [-0.4, -0.2) is 30.5 Å². The van der Waals surface area contributed by atoms with E-state index < -0.39 is 18.7 Å². The summed E-state index contributed by atoms with van der Waals surface area (Å²) in [7, 11) is 0. The van der Waals surface area contributed by atoms with Gasteiger partial charge < -0.3 is 10.4 Å². The van der Waals surface area contributed by atoms with Crippen molar-refractivity contribution in [2.75, 3.05) is 13.1 Å². The standard InChI is InChI=1S/C11H20F3NO/c12-11(13,14)5-6-15-8-10(16)7-9-3-1-2-4-9/h9-10,15-16H,1-8H2. The maximum atomic E-state index is 11.8. The Morgan fingerprint density at radius 2 is 1.88 bits per heavy atom. The van der Waals surface area contributed by atoms with Gasteiger partial charge in [0.1, 0.15) is 0 Å². The van der Waals surface area contributed by atoms with E-state index in [2.05, 4.69) is 5.32 Å². The van der Waals surface area contributed by atoms with E-state index >= 15 is 0 Å². The first-order chi connectivity index (χ1) is 7.47. The van der Waals surface area contributed by atoms with Crippen LogP contribution in [0.5, 0.6) is 0 Å². The van der Waals surface area contributed by atoms with Crippen molar-refractivity contribution in [2.45, 2.75) is 50.8 Å². The number of halogens is 3. The topological polar surface area (TPSA) is 32.3 Å². The van der Waals surface area contributed by atoms with E-state index in [1.54, 1.807) is 0 Å². The van der Waals surface area contributed by atoms with Gasteiger partial charge >= 0.3 is 6.18 Å². The van der Waals surface area contributed by atoms with Crippen LogP contribution in [0.3, 0.4) is 0 Å². The fraction of sp³-hybridized carbons (Fsp3) is 1.00. The fourth-order valence-corrected chi connectivity index (χ4v) is 2.21. The second-order valence-corrected chi connectivity index (χ2v) is 4.61. The molecule has 0 aromatic heterocycles. The second kappa shape index (κ2) is 6.45. The number of hydrogen-bond acceptors (Lipinski definition) is 2. The van der Waals surface area contributed by atoms with Gasteiger partial charge in [-0.05, 0) is 12.3 Å². The molecule has 2 nitrogen and oxygen atoms in total. The Bertz CT molecular complexity index is 190. The van der Waals surface area contributed by atoms with Crippen molar-refractivity contribution >= 4 is 0 Å². The summed E-state index contributed by atoms with van der Waals surface area (Å²) >= 11 is 0. The lowest BCUT2D eigenvalue weighted by Gasteiger charge is -2.16. The van der Waals surface area contributed by atoms with Gasteiger partial charge in [0.05, 0.1) is 12.5 Å². The molecule has 0 bridgehead atoms. The molecule has 5 heteroatoms. The molecule has 1 atom stereocenters. The Morgan fingerprint density at radius 1 is 1.25 bits per heavy atom. The van der Waals surface area contributed by atoms with E-state index in [1.165, 1.54) is 12.8 Å². The number of hydrogen-bond donors (Lipinski definition) is 2. The average molecular weight is 239 g/mol. The maximum Gasteiger partial charge on any atom is 0.390 e. The summed E-state index contributed by atoms with van der Waals surface area (Å²) in [5, 5.41) is 12.2. The molecule has 0 amide bonds. The maximum absolute atomic E-state index is 11.8. The van der Waals surface area contributed by atoms with Crippen LogP contribution in [0.15, 0.2) is 0 Å². The quantitative estimate of drug-likeness (QED) is 0.698. The molecule has 2 N–H and O–H groups in total. The van der Waals surface area contributed by atoms with Gasteiger partial charge in [-0.15, -0.1) is 0 Å². The predicted molar refractivity (Wildman–Crippen MR) is 56.1 cm³/mol. The van der Waals surface area contributed by atoms with Crippen LogP contribution in [0.25, 0.3) is 0 Å². The molecule has 0 radical (unpaired) electrons. The zero-order valence-corrected chi connectivity index (χ0v) is 9.39. The van der Waals surface area contributed by atoms with Crippen LogP contribution in [-0.2, 0) is 0 Å². The van der Waals surface area contributed by atoms with E-state index in [0.717, 1.165) is 19.3 Å². The highest BCUT2D eigenvalue weighted by Gasteiger charge is 2.26. The van der Waals surface area contributed by atoms with E-state index in [9.17, 15) is 18.3 Å². The Balaban J connectivity index is 1.99. The molecule has 0 aromatic carbocycles. The number of rotatable bonds is 6. The highest BCUT2D eigenvalue weighted by molar-refractivity contribution is 4.72. The van der Waals surface area contributed by atoms with Crippen molar-refractivity contribution < 1.29 is 18.3 Å². The minimum absolute atomic E-state index is 0.106. The molecule has 1 saturated carbocycles. The first kappa shape index (κ1) is 13.8. The molecule has 1 aliphatic rings. The van der Waals surface area contributed by atoms with Gasteiger partial charge in [-0.1, -0.05) is 25.7 Å². The summed E-state index contributed by atoms with van der Waals surface area (Å²) in [5.41, 5.74) is 0. The van der Waals surface area contributed by atoms with Crippen molar-refractivity contribution in [3.05, 3.63) is 0 Å². The van der Waals surface area contributed by atoms with Crippen molar-refractivity contribution in [3.8, 4) is 0 Å². The third-order valence-corrected chi connectivity index (χ3v) is 3.05. The van der Waals surface area contributed by atoms with Crippen molar-refractivity contribution in [1.82, 2.24) is 5.32 Å². The molecule has 1 aliphatic carbocycles. The van der Waals surface area contributed by atoms with Crippen molar-refractivity contribution in [3.63, 3.8) is 0 Å². The second-order valence-electron chi connectivity index (χ2n) is 4.61. The summed E-state index contributed by atoms with van der Waals surface area (Å²) in [6, 6.07) is 0. The van der Waals surface area contributed by atoms with Crippen LogP contribution >= 0.6 is 0 Å². The van der Waals surface area contributed by atoms with Crippen molar-refractivity contribution in [2.24, 2.45) is 5.92 Å². The van der Waals surface area contributed by atoms with Gasteiger partial charge in [-0.2, -0.15) is 13.2 Å². The molecule has 0 aromatic rings. The van der Waals surface area contributed by atoms with Crippen LogP contribution < -0.4 is 5.32 Å². The molecule has 0 saturated heterocycles. The Labute approximate surface area is 94.2 Å². The molecule has 16 heavy (non-hydrogen) atoms. The summed E-state index contributed by atoms with van der Waals surface area (Å²) < 4.78 is 35.4. The Kier molecular flexibility index (Phi) is 5.55. The largest absolute Gasteiger partial charge is 0.392 e. The third-order valence-electron chi connectivity index (χ3n) is 3.05. The summed E-state index contributed by atoms with van der Waals surface area (Å²) in [6.45, 7) is 0.164. The zero-order chi connectivity index (χ0) is 12.0. The minimum Gasteiger partial charge on any atom is -0.392 e. The van der Waals surface area contributed by atoms with Crippen LogP contribution in [0.4, 0.5) is 13.2 Å². The Morgan fingerprint density at radius 3 is 2.44 bits per heavy atom. The smallest absolute Gasteiger partial charge is 0.390 e. The molecule has 0 heterocycles. The first-order valence-electron chi connectivity index (χ1n) is 5.93. The molecule has 1 fully saturated rings. The third kappa shape index (κ3) is 6.33. The highest BCUT2D eigenvalue weighted by Crippen LogP contribution is 2.28.